The van der Waals surface area contributed by atoms with Crippen LogP contribution >= 0.6 is 0 Å². The minimum Gasteiger partial charge on any atom is -0.493 e. The fraction of sp³-hybridized carbons (Fsp3) is 0.583. The molecule has 44 heteroatoms. The Balaban J connectivity index is 1.08. The molecule has 3 aromatic carbocycles. The molecule has 0 unspecified atom stereocenters. The predicted octanol–water partition coefficient (Wildman–Crippen LogP) is 3.39. The number of unbranched alkanes of at least 4 members (excludes halogenated alkanes) is 2. The first kappa shape index (κ1) is 86.8. The Labute approximate surface area is 603 Å². The lowest BCUT2D eigenvalue weighted by Gasteiger charge is -2.18. The van der Waals surface area contributed by atoms with Crippen LogP contribution in [0.3, 0.4) is 0 Å². The maximum Gasteiger partial charge on any atom is 0.264 e. The highest BCUT2D eigenvalue weighted by molar-refractivity contribution is 7.86. The summed E-state index contributed by atoms with van der Waals surface area (Å²) < 4.78 is 241. The van der Waals surface area contributed by atoms with E-state index in [0.29, 0.717) is 113 Å². The normalized spacial score (nSPS) is 12.1. The van der Waals surface area contributed by atoms with E-state index in [4.69, 9.17) is 47.0 Å². The van der Waals surface area contributed by atoms with Crippen LogP contribution in [0, 0.1) is 0 Å². The zero-order valence-corrected chi connectivity index (χ0v) is 61.8. The third-order valence-electron chi connectivity index (χ3n) is 14.1. The van der Waals surface area contributed by atoms with Crippen molar-refractivity contribution in [3.63, 3.8) is 0 Å². The summed E-state index contributed by atoms with van der Waals surface area (Å²) in [5.41, 5.74) is 1.68. The van der Waals surface area contributed by atoms with Crippen LogP contribution in [0.15, 0.2) is 54.9 Å². The highest BCUT2D eigenvalue weighted by Gasteiger charge is 2.24. The number of aromatic nitrogens is 6. The van der Waals surface area contributed by atoms with E-state index in [0.717, 1.165) is 6.42 Å². The molecule has 0 saturated carbocycles. The Morgan fingerprint density at radius 2 is 0.635 bits per heavy atom. The Kier molecular flexibility index (Phi) is 35.9. The van der Waals surface area contributed by atoms with Gasteiger partial charge in [-0.25, -0.2) is 0 Å². The second kappa shape index (κ2) is 43.0. The molecule has 0 aliphatic carbocycles. The Morgan fingerprint density at radius 3 is 0.933 bits per heavy atom. The summed E-state index contributed by atoms with van der Waals surface area (Å²) in [5.74, 6) is -5.62. The lowest BCUT2D eigenvalue weighted by atomic mass is 10.1. The second-order valence-electron chi connectivity index (χ2n) is 23.3. The van der Waals surface area contributed by atoms with E-state index in [1.807, 2.05) is 6.92 Å². The maximum atomic E-state index is 13.5. The quantitative estimate of drug-likeness (QED) is 0.0199. The number of nitrogens with one attached hydrogen (secondary N) is 3. The molecule has 38 nitrogen and oxygen atoms in total. The summed E-state index contributed by atoms with van der Waals surface area (Å²) in [6, 6.07) is 10.00. The van der Waals surface area contributed by atoms with Crippen LogP contribution < -0.4 is 53.8 Å². The summed E-state index contributed by atoms with van der Waals surface area (Å²) in [6.45, 7) is 2.09. The van der Waals surface area contributed by atoms with Crippen LogP contribution in [0.25, 0.3) is 0 Å². The lowest BCUT2D eigenvalue weighted by Crippen LogP contribution is -2.25. The van der Waals surface area contributed by atoms with E-state index >= 15 is 0 Å². The van der Waals surface area contributed by atoms with E-state index in [1.165, 1.54) is 24.3 Å². The molecule has 0 spiro atoms. The fourth-order valence-electron chi connectivity index (χ4n) is 9.28. The first-order valence-corrected chi connectivity index (χ1v) is 42.5. The van der Waals surface area contributed by atoms with Crippen LogP contribution in [0.2, 0.25) is 0 Å². The van der Waals surface area contributed by atoms with Gasteiger partial charge in [-0.05, 0) is 133 Å². The number of ether oxygens (including phenoxy) is 8. The fourth-order valence-corrected chi connectivity index (χ4v) is 12.2. The van der Waals surface area contributed by atoms with Crippen molar-refractivity contribution in [1.29, 1.82) is 0 Å². The minimum absolute atomic E-state index is 0.0349. The number of amides is 3. The van der Waals surface area contributed by atoms with Crippen molar-refractivity contribution in [2.75, 3.05) is 107 Å². The first-order chi connectivity index (χ1) is 49.0. The summed E-state index contributed by atoms with van der Waals surface area (Å²) in [4.78, 5) is 40.1. The SMILES string of the molecule is CCCNC(=O)c1cc(OCCCCc2cn(CCCNC(=O)c3cc(OCCCS(=O)(=O)O)c(OCCCS(=O)(=O)O)c(OCCCS(=O)(=O)O)c3)nn2)cc(OCCCCc2cn(CCCNC(=O)c3cc(OCCCS(=O)(=O)O)c(OCCCS(=O)(=O)O)c(OCCCS(=O)(=O)O)c3)nn2)c1. The zero-order chi connectivity index (χ0) is 76.4. The largest absolute Gasteiger partial charge is 0.493 e. The minimum atomic E-state index is -4.36. The number of benzene rings is 3. The molecule has 104 heavy (non-hydrogen) atoms. The summed E-state index contributed by atoms with van der Waals surface area (Å²) in [6.07, 6.45) is 7.51. The van der Waals surface area contributed by atoms with Crippen LogP contribution in [0.5, 0.6) is 46.0 Å². The van der Waals surface area contributed by atoms with Gasteiger partial charge in [0.2, 0.25) is 11.5 Å². The first-order valence-electron chi connectivity index (χ1n) is 32.9. The van der Waals surface area contributed by atoms with E-state index in [-0.39, 0.29) is 143 Å². The third-order valence-corrected chi connectivity index (χ3v) is 18.9. The van der Waals surface area contributed by atoms with Gasteiger partial charge in [-0.1, -0.05) is 17.4 Å². The second-order valence-corrected chi connectivity index (χ2v) is 32.7. The topological polar surface area (TPSA) is 549 Å². The number of hydrogen-bond acceptors (Lipinski definition) is 27. The molecular formula is C60H89N9O29S6. The van der Waals surface area contributed by atoms with Gasteiger partial charge in [0, 0.05) is 67.9 Å². The summed E-state index contributed by atoms with van der Waals surface area (Å²) in [7, 11) is -26.2. The van der Waals surface area contributed by atoms with E-state index < -0.39 is 107 Å². The van der Waals surface area contributed by atoms with Crippen molar-refractivity contribution >= 4 is 78.4 Å². The summed E-state index contributed by atoms with van der Waals surface area (Å²) in [5, 5.41) is 25.3. The molecule has 0 aliphatic heterocycles. The molecule has 9 N–H and O–H groups in total. The monoisotopic (exact) mass is 1590 g/mol. The van der Waals surface area contributed by atoms with Gasteiger partial charge in [0.1, 0.15) is 11.5 Å². The lowest BCUT2D eigenvalue weighted by molar-refractivity contribution is 0.0943. The molecule has 2 heterocycles. The molecule has 0 radical (unpaired) electrons. The molecule has 0 atom stereocenters. The number of nitrogens with zero attached hydrogens (tertiary/aromatic N) is 6. The van der Waals surface area contributed by atoms with Crippen molar-refractivity contribution in [2.45, 2.75) is 116 Å². The van der Waals surface area contributed by atoms with Gasteiger partial charge in [-0.3, -0.25) is 51.1 Å². The highest BCUT2D eigenvalue weighted by Crippen LogP contribution is 2.41. The Morgan fingerprint density at radius 1 is 0.356 bits per heavy atom. The third kappa shape index (κ3) is 37.3. The number of hydrogen-bond donors (Lipinski definition) is 9. The molecule has 0 saturated heterocycles. The van der Waals surface area contributed by atoms with Gasteiger partial charge in [-0.2, -0.15) is 50.5 Å². The van der Waals surface area contributed by atoms with Crippen LogP contribution in [-0.2, 0) is 86.6 Å². The van der Waals surface area contributed by atoms with Gasteiger partial charge in [-0.15, -0.1) is 10.2 Å². The summed E-state index contributed by atoms with van der Waals surface area (Å²) >= 11 is 0. The molecule has 3 amide bonds. The van der Waals surface area contributed by atoms with Crippen molar-refractivity contribution in [1.82, 2.24) is 45.9 Å². The molecule has 0 aliphatic rings. The molecule has 5 aromatic rings. The van der Waals surface area contributed by atoms with Gasteiger partial charge >= 0.3 is 0 Å². The molecule has 584 valence electrons. The average Bonchev–Trinajstić information content (AvgIpc) is 0.932. The van der Waals surface area contributed by atoms with Crippen LogP contribution in [-0.4, -0.2) is 233 Å². The van der Waals surface area contributed by atoms with Crippen molar-refractivity contribution in [3.8, 4) is 46.0 Å². The van der Waals surface area contributed by atoms with Crippen molar-refractivity contribution in [2.24, 2.45) is 0 Å². The van der Waals surface area contributed by atoms with Gasteiger partial charge < -0.3 is 53.8 Å². The molecule has 2 aromatic heterocycles. The predicted molar refractivity (Wildman–Crippen MR) is 372 cm³/mol. The smallest absolute Gasteiger partial charge is 0.264 e. The van der Waals surface area contributed by atoms with Crippen molar-refractivity contribution in [3.05, 3.63) is 82.9 Å². The van der Waals surface area contributed by atoms with E-state index in [2.05, 4.69) is 36.6 Å². The van der Waals surface area contributed by atoms with Crippen LogP contribution in [0.4, 0.5) is 0 Å². The average molecular weight is 1590 g/mol. The van der Waals surface area contributed by atoms with Crippen LogP contribution in [0.1, 0.15) is 133 Å². The standard InChI is InChI=1S/C60H89N9O29S6/c1-2-17-61-58(70)45-36-50(91-22-5-3-15-48-43-68(66-64-48)20-7-18-62-59(71)46-38-52(93-24-9-30-99(73,74)75)56(97-28-13-34-103(85,86)87)53(39-46)94-25-10-31-100(76,77)78)42-51(37-45)92-23-6-4-16-49-44-69(67-65-49)21-8-19-63-60(72)47-40-54(95-26-11-32-101(79,80)81)57(98-29-14-35-104(88,89)90)55(41-47)96-27-12-33-102(82,83)84/h36-44H,2-35H2,1H3,(H,61,70)(H,62,71)(H,63,72)(H,73,74,75)(H,76,77,78)(H,79,80,81)(H,82,83,84)(H,85,86,87)(H,88,89,90). The van der Waals surface area contributed by atoms with Crippen molar-refractivity contribution < 1.29 is 130 Å². The van der Waals surface area contributed by atoms with E-state index in [9.17, 15) is 83.1 Å². The number of carbonyl (C=O) groups excluding carboxylic acids is 3. The van der Waals surface area contributed by atoms with Gasteiger partial charge in [0.25, 0.3) is 78.4 Å². The number of rotatable bonds is 55. The molecular weight excluding hydrogens is 1500 g/mol. The van der Waals surface area contributed by atoms with Gasteiger partial charge in [0.05, 0.1) is 98.8 Å². The molecule has 0 bridgehead atoms. The zero-order valence-electron chi connectivity index (χ0n) is 56.9. The highest BCUT2D eigenvalue weighted by atomic mass is 32.2. The number of carbonyl (C=O) groups is 3. The maximum absolute atomic E-state index is 13.5. The van der Waals surface area contributed by atoms with E-state index in [1.54, 1.807) is 40.0 Å². The van der Waals surface area contributed by atoms with Gasteiger partial charge in [0.15, 0.2) is 23.0 Å². The molecule has 0 fully saturated rings. The molecule has 5 rings (SSSR count). The number of aryl methyl sites for hydroxylation is 4. The Hall–Kier alpha value is -7.79. The Bertz CT molecular complexity index is 3910.